The van der Waals surface area contributed by atoms with Crippen LogP contribution in [0.4, 0.5) is 29.9 Å². The van der Waals surface area contributed by atoms with E-state index in [-0.39, 0.29) is 13.0 Å². The van der Waals surface area contributed by atoms with Gasteiger partial charge in [-0.2, -0.15) is 4.37 Å². The van der Waals surface area contributed by atoms with Crippen molar-refractivity contribution in [1.82, 2.24) is 19.3 Å². The van der Waals surface area contributed by atoms with Crippen molar-refractivity contribution < 1.29 is 18.0 Å². The molecule has 1 N–H and O–H groups in total. The number of anilines is 3. The number of carbonyl (C=O) groups excluding carboxylic acids is 1. The first-order chi connectivity index (χ1) is 15.7. The third-order valence-corrected chi connectivity index (χ3v) is 6.24. The predicted octanol–water partition coefficient (Wildman–Crippen LogP) is 4.93. The second-order valence-corrected chi connectivity index (χ2v) is 9.63. The van der Waals surface area contributed by atoms with Crippen LogP contribution in [0.5, 0.6) is 0 Å². The first kappa shape index (κ1) is 23.4. The molecule has 174 valence electrons. The van der Waals surface area contributed by atoms with Crippen LogP contribution in [0.3, 0.4) is 0 Å². The third kappa shape index (κ3) is 6.87. The minimum atomic E-state index is -3.01. The zero-order valence-electron chi connectivity index (χ0n) is 17.7. The SMILES string of the molecule is CC(F)(F)CC(=O)Cc1ccc(Sc2nc(Nc3ncns3)cc(N3CC[C@H](F)C3)n2)cc1. The molecule has 4 rings (SSSR count). The minimum Gasteiger partial charge on any atom is -0.353 e. The topological polar surface area (TPSA) is 83.9 Å². The highest BCUT2D eigenvalue weighted by atomic mass is 32.2. The number of aromatic nitrogens is 4. The quantitative estimate of drug-likeness (QED) is 0.420. The molecule has 0 radical (unpaired) electrons. The Hall–Kier alpha value is -2.73. The zero-order chi connectivity index (χ0) is 23.4. The van der Waals surface area contributed by atoms with Crippen LogP contribution >= 0.6 is 23.3 Å². The predicted molar refractivity (Wildman–Crippen MR) is 121 cm³/mol. The number of nitrogens with zero attached hydrogens (tertiary/aromatic N) is 5. The van der Waals surface area contributed by atoms with E-state index in [0.717, 1.165) is 11.8 Å². The number of hydrogen-bond acceptors (Lipinski definition) is 9. The van der Waals surface area contributed by atoms with Crippen LogP contribution in [0.25, 0.3) is 0 Å². The number of carbonyl (C=O) groups is 1. The van der Waals surface area contributed by atoms with Gasteiger partial charge in [-0.25, -0.2) is 28.1 Å². The summed E-state index contributed by atoms with van der Waals surface area (Å²) >= 11 is 2.49. The van der Waals surface area contributed by atoms with Crippen LogP contribution in [0, 0.1) is 0 Å². The van der Waals surface area contributed by atoms with Crippen molar-refractivity contribution in [2.45, 2.75) is 48.3 Å². The second kappa shape index (κ2) is 10.0. The molecule has 1 aliphatic rings. The lowest BCUT2D eigenvalue weighted by atomic mass is 10.1. The lowest BCUT2D eigenvalue weighted by Crippen LogP contribution is -2.21. The van der Waals surface area contributed by atoms with Crippen molar-refractivity contribution >= 4 is 45.8 Å². The second-order valence-electron chi connectivity index (χ2n) is 7.81. The molecule has 1 saturated heterocycles. The summed E-state index contributed by atoms with van der Waals surface area (Å²) in [5.74, 6) is -2.39. The van der Waals surface area contributed by atoms with E-state index in [1.54, 1.807) is 30.3 Å². The molecule has 12 heteroatoms. The number of ketones is 1. The van der Waals surface area contributed by atoms with E-state index in [4.69, 9.17) is 0 Å². The molecular weight excluding hydrogens is 473 g/mol. The Kier molecular flexibility index (Phi) is 7.13. The maximum absolute atomic E-state index is 13.7. The van der Waals surface area contributed by atoms with E-state index in [9.17, 15) is 18.0 Å². The summed E-state index contributed by atoms with van der Waals surface area (Å²) < 4.78 is 43.8. The third-order valence-electron chi connectivity index (χ3n) is 4.78. The molecule has 0 saturated carbocycles. The molecule has 0 bridgehead atoms. The van der Waals surface area contributed by atoms with Crippen molar-refractivity contribution in [3.05, 3.63) is 42.2 Å². The molecular formula is C21H21F3N6OS2. The molecule has 0 spiro atoms. The standard InChI is InChI=1S/C21H21F3N6OS2/c1-21(23,24)10-15(31)8-13-2-4-16(5-3-13)32-20-28-17(27-19-25-12-26-33-19)9-18(29-20)30-7-6-14(22)11-30/h2-5,9,12,14H,6-8,10-11H2,1H3,(H,25,26,27,28,29)/t14-/m0/s1. The summed E-state index contributed by atoms with van der Waals surface area (Å²) in [6, 6.07) is 8.79. The minimum absolute atomic E-state index is 0.0460. The molecule has 3 aromatic rings. The molecule has 1 atom stereocenters. The fraction of sp³-hybridized carbons (Fsp3) is 0.381. The summed E-state index contributed by atoms with van der Waals surface area (Å²) in [5.41, 5.74) is 0.660. The Morgan fingerprint density at radius 2 is 2.09 bits per heavy atom. The highest BCUT2D eigenvalue weighted by Crippen LogP contribution is 2.31. The Morgan fingerprint density at radius 3 is 2.73 bits per heavy atom. The molecule has 0 amide bonds. The maximum Gasteiger partial charge on any atom is 0.252 e. The van der Waals surface area contributed by atoms with Gasteiger partial charge in [-0.05, 0) is 42.8 Å². The number of hydrogen-bond donors (Lipinski definition) is 1. The van der Waals surface area contributed by atoms with Crippen molar-refractivity contribution in [3.63, 3.8) is 0 Å². The van der Waals surface area contributed by atoms with Gasteiger partial charge in [0, 0.05) is 35.5 Å². The molecule has 1 fully saturated rings. The maximum atomic E-state index is 13.7. The number of halogens is 3. The van der Waals surface area contributed by atoms with Crippen molar-refractivity contribution in [2.24, 2.45) is 0 Å². The van der Waals surface area contributed by atoms with Gasteiger partial charge in [0.1, 0.15) is 29.9 Å². The van der Waals surface area contributed by atoms with E-state index < -0.39 is 24.3 Å². The average molecular weight is 495 g/mol. The van der Waals surface area contributed by atoms with E-state index in [1.165, 1.54) is 29.6 Å². The van der Waals surface area contributed by atoms with Crippen LogP contribution < -0.4 is 10.2 Å². The number of Topliss-reactive ketones (excluding diaryl/α,β-unsaturated/α-hetero) is 1. The van der Waals surface area contributed by atoms with Gasteiger partial charge in [-0.15, -0.1) is 0 Å². The molecule has 0 aliphatic carbocycles. The average Bonchev–Trinajstić information content (AvgIpc) is 3.40. The van der Waals surface area contributed by atoms with E-state index in [2.05, 4.69) is 24.6 Å². The monoisotopic (exact) mass is 494 g/mol. The first-order valence-electron chi connectivity index (χ1n) is 10.2. The molecule has 33 heavy (non-hydrogen) atoms. The number of rotatable bonds is 9. The summed E-state index contributed by atoms with van der Waals surface area (Å²) in [6.07, 6.45) is 0.182. The summed E-state index contributed by atoms with van der Waals surface area (Å²) in [5, 5.41) is 4.13. The van der Waals surface area contributed by atoms with Gasteiger partial charge >= 0.3 is 0 Å². The Bertz CT molecular complexity index is 1090. The summed E-state index contributed by atoms with van der Waals surface area (Å²) in [7, 11) is 0. The van der Waals surface area contributed by atoms with Crippen molar-refractivity contribution in [1.29, 1.82) is 0 Å². The van der Waals surface area contributed by atoms with Crippen LogP contribution in [0.2, 0.25) is 0 Å². The van der Waals surface area contributed by atoms with Crippen LogP contribution in [0.1, 0.15) is 25.3 Å². The highest BCUT2D eigenvalue weighted by molar-refractivity contribution is 7.99. The van der Waals surface area contributed by atoms with E-state index >= 15 is 0 Å². The number of benzene rings is 1. The molecule has 1 aliphatic heterocycles. The smallest absolute Gasteiger partial charge is 0.252 e. The summed E-state index contributed by atoms with van der Waals surface area (Å²) in [4.78, 5) is 27.7. The molecule has 7 nitrogen and oxygen atoms in total. The fourth-order valence-corrected chi connectivity index (χ4v) is 4.57. The van der Waals surface area contributed by atoms with E-state index in [1.807, 2.05) is 4.90 Å². The van der Waals surface area contributed by atoms with E-state index in [0.29, 0.717) is 40.5 Å². The molecule has 0 unspecified atom stereocenters. The largest absolute Gasteiger partial charge is 0.353 e. The Morgan fingerprint density at radius 1 is 1.30 bits per heavy atom. The number of nitrogens with one attached hydrogen (secondary N) is 1. The van der Waals surface area contributed by atoms with Gasteiger partial charge < -0.3 is 10.2 Å². The normalized spacial score (nSPS) is 16.2. The molecule has 3 heterocycles. The van der Waals surface area contributed by atoms with Crippen LogP contribution in [0.15, 0.2) is 46.7 Å². The van der Waals surface area contributed by atoms with Crippen molar-refractivity contribution in [2.75, 3.05) is 23.3 Å². The summed E-state index contributed by atoms with van der Waals surface area (Å²) in [6.45, 7) is 1.59. The van der Waals surface area contributed by atoms with Crippen molar-refractivity contribution in [3.8, 4) is 0 Å². The zero-order valence-corrected chi connectivity index (χ0v) is 19.3. The Balaban J connectivity index is 1.49. The lowest BCUT2D eigenvalue weighted by molar-refractivity contribution is -0.124. The lowest BCUT2D eigenvalue weighted by Gasteiger charge is -2.18. The highest BCUT2D eigenvalue weighted by Gasteiger charge is 2.26. The molecule has 1 aromatic carbocycles. The van der Waals surface area contributed by atoms with Crippen LogP contribution in [-0.4, -0.2) is 50.3 Å². The first-order valence-corrected chi connectivity index (χ1v) is 11.8. The van der Waals surface area contributed by atoms with Crippen LogP contribution in [-0.2, 0) is 11.2 Å². The van der Waals surface area contributed by atoms with Gasteiger partial charge in [0.15, 0.2) is 5.16 Å². The van der Waals surface area contributed by atoms with Gasteiger partial charge in [0.25, 0.3) is 5.92 Å². The van der Waals surface area contributed by atoms with Gasteiger partial charge in [-0.3, -0.25) is 4.79 Å². The number of alkyl halides is 3. The van der Waals surface area contributed by atoms with Gasteiger partial charge in [-0.1, -0.05) is 12.1 Å². The fourth-order valence-electron chi connectivity index (χ4n) is 3.37. The Labute approximate surface area is 197 Å². The van der Waals surface area contributed by atoms with Gasteiger partial charge in [0.05, 0.1) is 13.0 Å². The molecule has 2 aromatic heterocycles. The van der Waals surface area contributed by atoms with Gasteiger partial charge in [0.2, 0.25) is 5.13 Å².